The van der Waals surface area contributed by atoms with Gasteiger partial charge in [-0.2, -0.15) is 0 Å². The fourth-order valence-electron chi connectivity index (χ4n) is 3.26. The van der Waals surface area contributed by atoms with Gasteiger partial charge in [-0.15, -0.1) is 0 Å². The Morgan fingerprint density at radius 3 is 2.81 bits per heavy atom. The van der Waals surface area contributed by atoms with Gasteiger partial charge in [0.1, 0.15) is 30.6 Å². The lowest BCUT2D eigenvalue weighted by Crippen LogP contribution is -2.30. The maximum absolute atomic E-state index is 14.6. The van der Waals surface area contributed by atoms with E-state index in [-0.39, 0.29) is 24.4 Å². The van der Waals surface area contributed by atoms with Gasteiger partial charge in [-0.1, -0.05) is 6.08 Å². The molecule has 2 atom stereocenters. The van der Waals surface area contributed by atoms with Crippen molar-refractivity contribution in [3.8, 4) is 5.88 Å². The smallest absolute Gasteiger partial charge is 0.254 e. The topological polar surface area (TPSA) is 80.0 Å². The molecule has 7 nitrogen and oxygen atoms in total. The highest BCUT2D eigenvalue weighted by Crippen LogP contribution is 2.32. The number of hydrogen-bond acceptors (Lipinski definition) is 7. The second kappa shape index (κ2) is 7.63. The van der Waals surface area contributed by atoms with Gasteiger partial charge in [0.2, 0.25) is 6.41 Å². The minimum atomic E-state index is -1.32. The summed E-state index contributed by atoms with van der Waals surface area (Å²) in [5.41, 5.74) is 0.841. The van der Waals surface area contributed by atoms with Crippen molar-refractivity contribution < 1.29 is 27.9 Å². The predicted molar refractivity (Wildman–Crippen MR) is 92.0 cm³/mol. The van der Waals surface area contributed by atoms with Crippen molar-refractivity contribution in [1.29, 1.82) is 0 Å². The van der Waals surface area contributed by atoms with E-state index >= 15 is 0 Å². The van der Waals surface area contributed by atoms with Crippen LogP contribution in [0.1, 0.15) is 12.0 Å². The van der Waals surface area contributed by atoms with E-state index in [2.05, 4.69) is 15.0 Å². The van der Waals surface area contributed by atoms with Gasteiger partial charge in [0.05, 0.1) is 6.54 Å². The summed E-state index contributed by atoms with van der Waals surface area (Å²) in [4.78, 5) is 1.38. The van der Waals surface area contributed by atoms with E-state index in [0.29, 0.717) is 31.0 Å². The summed E-state index contributed by atoms with van der Waals surface area (Å²) in [5.74, 6) is -1.02. The number of anilines is 1. The fraction of sp³-hybridized carbons (Fsp3) is 0.389. The molecule has 2 N–H and O–H groups in total. The van der Waals surface area contributed by atoms with E-state index in [1.807, 2.05) is 0 Å². The molecule has 1 saturated heterocycles. The monoisotopic (exact) mass is 379 g/mol. The Morgan fingerprint density at radius 2 is 2.15 bits per heavy atom. The number of halogens is 2. The third-order valence-corrected chi connectivity index (χ3v) is 4.56. The average Bonchev–Trinajstić information content (AvgIpc) is 3.29. The molecule has 1 aromatic heterocycles. The zero-order valence-electron chi connectivity index (χ0n) is 14.4. The van der Waals surface area contributed by atoms with Crippen molar-refractivity contribution in [2.24, 2.45) is 0 Å². The van der Waals surface area contributed by atoms with Gasteiger partial charge >= 0.3 is 0 Å². The van der Waals surface area contributed by atoms with E-state index in [0.717, 1.165) is 0 Å². The molecule has 0 radical (unpaired) electrons. The number of nitrogens with one attached hydrogen (secondary N) is 1. The first kappa shape index (κ1) is 17.9. The van der Waals surface area contributed by atoms with Gasteiger partial charge in [0, 0.05) is 23.9 Å². The van der Waals surface area contributed by atoms with Crippen LogP contribution in [0.2, 0.25) is 0 Å². The molecular weight excluding hydrogens is 360 g/mol. The second-order valence-corrected chi connectivity index (χ2v) is 6.35. The number of aliphatic hydroxyl groups is 1. The highest BCUT2D eigenvalue weighted by atomic mass is 19.1. The quantitative estimate of drug-likeness (QED) is 0.821. The first-order valence-corrected chi connectivity index (χ1v) is 8.64. The number of ether oxygens (including phenoxy) is 2. The van der Waals surface area contributed by atoms with Gasteiger partial charge < -0.3 is 29.3 Å². The molecule has 3 heterocycles. The van der Waals surface area contributed by atoms with Crippen LogP contribution in [0, 0.1) is 11.6 Å². The summed E-state index contributed by atoms with van der Waals surface area (Å²) in [7, 11) is 0. The van der Waals surface area contributed by atoms with Crippen LogP contribution < -0.4 is 15.0 Å². The summed E-state index contributed by atoms with van der Waals surface area (Å²) in [5, 5.41) is 16.8. The number of benzene rings is 1. The van der Waals surface area contributed by atoms with Gasteiger partial charge in [0.25, 0.3) is 5.88 Å². The number of rotatable bonds is 5. The summed E-state index contributed by atoms with van der Waals surface area (Å²) in [6, 6.07) is 3.98. The molecule has 2 aliphatic heterocycles. The Bertz CT molecular complexity index is 805. The third-order valence-electron chi connectivity index (χ3n) is 4.56. The van der Waals surface area contributed by atoms with Crippen LogP contribution in [0.5, 0.6) is 5.88 Å². The first-order chi connectivity index (χ1) is 13.1. The molecule has 0 bridgehead atoms. The van der Waals surface area contributed by atoms with Crippen LogP contribution in [0.4, 0.5) is 14.5 Å². The van der Waals surface area contributed by atoms with E-state index in [4.69, 9.17) is 9.47 Å². The van der Waals surface area contributed by atoms with Crippen molar-refractivity contribution in [2.75, 3.05) is 31.1 Å². The largest absolute Gasteiger partial charge is 0.473 e. The summed E-state index contributed by atoms with van der Waals surface area (Å²) >= 11 is 0. The lowest BCUT2D eigenvalue weighted by atomic mass is 9.98. The Kier molecular flexibility index (Phi) is 5.06. The SMILES string of the molecule is OC1O[C@@H](COc2ccon2)CN1c1cc(F)c(C2=CCNCC2)c(F)c1. The summed E-state index contributed by atoms with van der Waals surface area (Å²) in [6.45, 7) is 1.59. The van der Waals surface area contributed by atoms with Crippen molar-refractivity contribution in [1.82, 2.24) is 10.5 Å². The minimum Gasteiger partial charge on any atom is -0.473 e. The molecule has 2 aromatic rings. The lowest BCUT2D eigenvalue weighted by molar-refractivity contribution is -0.0970. The van der Waals surface area contributed by atoms with Gasteiger partial charge in [-0.25, -0.2) is 8.78 Å². The molecule has 0 amide bonds. The number of nitrogens with zero attached hydrogens (tertiary/aromatic N) is 2. The molecule has 0 spiro atoms. The molecule has 9 heteroatoms. The molecule has 4 rings (SSSR count). The maximum atomic E-state index is 14.6. The Morgan fingerprint density at radius 1 is 1.33 bits per heavy atom. The molecule has 0 saturated carbocycles. The van der Waals surface area contributed by atoms with Crippen LogP contribution in [-0.2, 0) is 4.74 Å². The first-order valence-electron chi connectivity index (χ1n) is 8.64. The van der Waals surface area contributed by atoms with E-state index in [1.165, 1.54) is 23.3 Å². The van der Waals surface area contributed by atoms with Crippen molar-refractivity contribution >= 4 is 11.3 Å². The Balaban J connectivity index is 1.48. The highest BCUT2D eigenvalue weighted by Gasteiger charge is 2.33. The normalized spacial score (nSPS) is 22.8. The maximum Gasteiger partial charge on any atom is 0.254 e. The molecule has 144 valence electrons. The number of aliphatic hydroxyl groups excluding tert-OH is 1. The van der Waals surface area contributed by atoms with Crippen molar-refractivity contribution in [3.05, 3.63) is 47.7 Å². The van der Waals surface area contributed by atoms with Gasteiger partial charge in [-0.3, -0.25) is 0 Å². The van der Waals surface area contributed by atoms with E-state index < -0.39 is 24.2 Å². The Hall–Kier alpha value is -2.49. The van der Waals surface area contributed by atoms with Crippen LogP contribution in [0.15, 0.2) is 35.1 Å². The summed E-state index contributed by atoms with van der Waals surface area (Å²) in [6.07, 6.45) is 1.91. The minimum absolute atomic E-state index is 0.0132. The zero-order valence-corrected chi connectivity index (χ0v) is 14.4. The van der Waals surface area contributed by atoms with Gasteiger partial charge in [0.15, 0.2) is 0 Å². The number of hydrogen-bond donors (Lipinski definition) is 2. The zero-order chi connectivity index (χ0) is 18.8. The summed E-state index contributed by atoms with van der Waals surface area (Å²) < 4.78 is 44.7. The lowest BCUT2D eigenvalue weighted by Gasteiger charge is -2.22. The molecular formula is C18H19F2N3O4. The predicted octanol–water partition coefficient (Wildman–Crippen LogP) is 1.89. The van der Waals surface area contributed by atoms with E-state index in [9.17, 15) is 13.9 Å². The van der Waals surface area contributed by atoms with Gasteiger partial charge in [-0.05, 0) is 35.8 Å². The number of aromatic nitrogens is 1. The molecule has 1 unspecified atom stereocenters. The van der Waals surface area contributed by atoms with Crippen LogP contribution in [0.25, 0.3) is 5.57 Å². The van der Waals surface area contributed by atoms with Crippen LogP contribution in [0.3, 0.4) is 0 Å². The standard InChI is InChI=1S/C18H19F2N3O4/c19-14-7-12(8-15(20)17(14)11-1-4-21-5-2-11)23-9-13(27-18(23)24)10-25-16-3-6-26-22-16/h1,3,6-8,13,18,21,24H,2,4-5,9-10H2/t13-,18?/m1/s1. The van der Waals surface area contributed by atoms with Crippen LogP contribution >= 0.6 is 0 Å². The second-order valence-electron chi connectivity index (χ2n) is 6.35. The fourth-order valence-corrected chi connectivity index (χ4v) is 3.26. The molecule has 2 aliphatic rings. The van der Waals surface area contributed by atoms with Crippen molar-refractivity contribution in [3.63, 3.8) is 0 Å². The molecule has 1 aromatic carbocycles. The third kappa shape index (κ3) is 3.80. The molecule has 1 fully saturated rings. The molecule has 0 aliphatic carbocycles. The van der Waals surface area contributed by atoms with Crippen molar-refractivity contribution in [2.45, 2.75) is 18.9 Å². The molecule has 27 heavy (non-hydrogen) atoms. The average molecular weight is 379 g/mol. The van der Waals surface area contributed by atoms with Crippen LogP contribution in [-0.4, -0.2) is 49.0 Å². The highest BCUT2D eigenvalue weighted by molar-refractivity contribution is 5.69. The Labute approximate surface area is 154 Å². The van der Waals surface area contributed by atoms with E-state index in [1.54, 1.807) is 12.1 Å².